The molecule has 3 rings (SSSR count). The van der Waals surface area contributed by atoms with E-state index in [1.807, 2.05) is 11.8 Å². The van der Waals surface area contributed by atoms with E-state index >= 15 is 0 Å². The highest BCUT2D eigenvalue weighted by atomic mass is 16.5. The number of carbonyl (C=O) groups is 1. The summed E-state index contributed by atoms with van der Waals surface area (Å²) in [5.74, 6) is 1.61. The maximum absolute atomic E-state index is 12.0. The number of aromatic nitrogens is 2. The van der Waals surface area contributed by atoms with E-state index in [1.54, 1.807) is 0 Å². The summed E-state index contributed by atoms with van der Waals surface area (Å²) in [5, 5.41) is 13.1. The molecule has 0 aromatic carbocycles. The number of hydrogen-bond donors (Lipinski definition) is 1. The molecule has 7 nitrogen and oxygen atoms in total. The highest BCUT2D eigenvalue weighted by Gasteiger charge is 2.41. The first kappa shape index (κ1) is 16.2. The van der Waals surface area contributed by atoms with Gasteiger partial charge in [-0.2, -0.15) is 4.98 Å². The Labute approximate surface area is 136 Å². The predicted molar refractivity (Wildman–Crippen MR) is 85.1 cm³/mol. The van der Waals surface area contributed by atoms with Crippen molar-refractivity contribution in [1.82, 2.24) is 15.0 Å². The molecule has 1 N–H and O–H groups in total. The number of anilines is 1. The number of aliphatic hydroxyl groups excluding tert-OH is 1. The molecule has 1 spiro atoms. The average Bonchev–Trinajstić information content (AvgIpc) is 3.06. The zero-order valence-electron chi connectivity index (χ0n) is 13.8. The summed E-state index contributed by atoms with van der Waals surface area (Å²) in [6, 6.07) is 0. The lowest BCUT2D eigenvalue weighted by molar-refractivity contribution is -0.138. The van der Waals surface area contributed by atoms with Crippen molar-refractivity contribution in [1.29, 1.82) is 0 Å². The van der Waals surface area contributed by atoms with Crippen molar-refractivity contribution in [3.8, 4) is 0 Å². The van der Waals surface area contributed by atoms with Gasteiger partial charge >= 0.3 is 0 Å². The lowest BCUT2D eigenvalue weighted by Crippen LogP contribution is -2.52. The Balaban J connectivity index is 1.59. The van der Waals surface area contributed by atoms with E-state index in [4.69, 9.17) is 9.63 Å². The minimum atomic E-state index is 0.141. The van der Waals surface area contributed by atoms with Crippen LogP contribution in [0.5, 0.6) is 0 Å². The first-order chi connectivity index (χ1) is 11.2. The number of nitrogens with zero attached hydrogens (tertiary/aromatic N) is 4. The second kappa shape index (κ2) is 6.86. The van der Waals surface area contributed by atoms with Crippen LogP contribution >= 0.6 is 0 Å². The summed E-state index contributed by atoms with van der Waals surface area (Å²) >= 11 is 0. The summed E-state index contributed by atoms with van der Waals surface area (Å²) in [6.45, 7) is 5.46. The molecule has 0 atom stereocenters. The van der Waals surface area contributed by atoms with Crippen LogP contribution in [-0.4, -0.2) is 58.8 Å². The Kier molecular flexibility index (Phi) is 4.84. The normalized spacial score (nSPS) is 21.2. The van der Waals surface area contributed by atoms with E-state index in [9.17, 15) is 4.79 Å². The van der Waals surface area contributed by atoms with Gasteiger partial charge in [0.2, 0.25) is 11.8 Å². The molecule has 3 heterocycles. The molecule has 0 aliphatic carbocycles. The highest BCUT2D eigenvalue weighted by Crippen LogP contribution is 2.40. The average molecular weight is 322 g/mol. The minimum absolute atomic E-state index is 0.141. The van der Waals surface area contributed by atoms with Crippen molar-refractivity contribution in [3.05, 3.63) is 5.89 Å². The quantitative estimate of drug-likeness (QED) is 0.878. The third kappa shape index (κ3) is 3.49. The van der Waals surface area contributed by atoms with E-state index < -0.39 is 0 Å². The van der Waals surface area contributed by atoms with Gasteiger partial charge in [0.05, 0.1) is 0 Å². The van der Waals surface area contributed by atoms with Crippen LogP contribution in [0, 0.1) is 5.41 Å². The van der Waals surface area contributed by atoms with Crippen LogP contribution in [0.15, 0.2) is 4.52 Å². The van der Waals surface area contributed by atoms with Crippen LogP contribution in [0.4, 0.5) is 5.95 Å². The Hall–Kier alpha value is -1.63. The van der Waals surface area contributed by atoms with E-state index in [-0.39, 0.29) is 17.9 Å². The third-order valence-electron chi connectivity index (χ3n) is 5.20. The number of aliphatic hydroxyl groups is 1. The monoisotopic (exact) mass is 322 g/mol. The molecule has 0 saturated carbocycles. The Bertz CT molecular complexity index is 537. The molecule has 0 bridgehead atoms. The van der Waals surface area contributed by atoms with Gasteiger partial charge in [0, 0.05) is 45.6 Å². The number of carbonyl (C=O) groups excluding carboxylic acids is 1. The summed E-state index contributed by atoms with van der Waals surface area (Å²) in [5.41, 5.74) is 0.219. The topological polar surface area (TPSA) is 82.7 Å². The van der Waals surface area contributed by atoms with Crippen molar-refractivity contribution in [2.24, 2.45) is 5.41 Å². The van der Waals surface area contributed by atoms with Gasteiger partial charge in [0.25, 0.3) is 5.95 Å². The van der Waals surface area contributed by atoms with Gasteiger partial charge in [-0.3, -0.25) is 4.79 Å². The Morgan fingerprint density at radius 2 is 2.09 bits per heavy atom. The maximum Gasteiger partial charge on any atom is 0.266 e. The molecule has 2 aliphatic heterocycles. The van der Waals surface area contributed by atoms with E-state index in [2.05, 4.69) is 15.0 Å². The van der Waals surface area contributed by atoms with E-state index in [0.717, 1.165) is 45.3 Å². The van der Waals surface area contributed by atoms with Crippen LogP contribution in [0.1, 0.15) is 44.9 Å². The molecule has 1 amide bonds. The molecule has 0 radical (unpaired) electrons. The standard InChI is InChI=1S/C16H26N4O3/c1-2-13-17-15(18-23-13)19-9-6-16(7-10-19)5-4-14(22)20(12-16)8-3-11-21/h21H,2-12H2,1H3. The van der Waals surface area contributed by atoms with Gasteiger partial charge < -0.3 is 19.4 Å². The molecule has 23 heavy (non-hydrogen) atoms. The second-order valence-corrected chi connectivity index (χ2v) is 6.72. The molecule has 128 valence electrons. The summed E-state index contributed by atoms with van der Waals surface area (Å²) in [7, 11) is 0. The van der Waals surface area contributed by atoms with Crippen molar-refractivity contribution in [2.75, 3.05) is 37.7 Å². The minimum Gasteiger partial charge on any atom is -0.396 e. The first-order valence-corrected chi connectivity index (χ1v) is 8.62. The number of amides is 1. The Morgan fingerprint density at radius 3 is 2.74 bits per heavy atom. The number of likely N-dealkylation sites (tertiary alicyclic amines) is 1. The molecular formula is C16H26N4O3. The summed E-state index contributed by atoms with van der Waals surface area (Å²) in [6.07, 6.45) is 5.12. The molecule has 0 unspecified atom stereocenters. The zero-order chi connectivity index (χ0) is 16.3. The maximum atomic E-state index is 12.0. The van der Waals surface area contributed by atoms with Crippen LogP contribution in [-0.2, 0) is 11.2 Å². The van der Waals surface area contributed by atoms with E-state index in [1.165, 1.54) is 0 Å². The SMILES string of the molecule is CCc1nc(N2CCC3(CCC(=O)N(CCCO)C3)CC2)no1. The summed E-state index contributed by atoms with van der Waals surface area (Å²) in [4.78, 5) is 20.6. The Morgan fingerprint density at radius 1 is 1.30 bits per heavy atom. The van der Waals surface area contributed by atoms with Crippen LogP contribution in [0.3, 0.4) is 0 Å². The lowest BCUT2D eigenvalue weighted by atomic mass is 9.72. The molecule has 1 aromatic rings. The molecular weight excluding hydrogens is 296 g/mol. The molecule has 2 saturated heterocycles. The number of aryl methyl sites for hydroxylation is 1. The van der Waals surface area contributed by atoms with Crippen LogP contribution < -0.4 is 4.90 Å². The van der Waals surface area contributed by atoms with Crippen molar-refractivity contribution in [2.45, 2.75) is 45.4 Å². The first-order valence-electron chi connectivity index (χ1n) is 8.62. The van der Waals surface area contributed by atoms with Gasteiger partial charge in [-0.1, -0.05) is 6.92 Å². The lowest BCUT2D eigenvalue weighted by Gasteiger charge is -2.47. The van der Waals surface area contributed by atoms with Gasteiger partial charge in [0.15, 0.2) is 0 Å². The van der Waals surface area contributed by atoms with E-state index in [0.29, 0.717) is 31.2 Å². The fraction of sp³-hybridized carbons (Fsp3) is 0.812. The van der Waals surface area contributed by atoms with Crippen molar-refractivity contribution in [3.63, 3.8) is 0 Å². The van der Waals surface area contributed by atoms with Gasteiger partial charge in [-0.25, -0.2) is 0 Å². The number of hydrogen-bond acceptors (Lipinski definition) is 6. The number of rotatable bonds is 5. The largest absolute Gasteiger partial charge is 0.396 e. The zero-order valence-corrected chi connectivity index (χ0v) is 13.8. The van der Waals surface area contributed by atoms with Gasteiger partial charge in [0.1, 0.15) is 0 Å². The van der Waals surface area contributed by atoms with Crippen LogP contribution in [0.25, 0.3) is 0 Å². The molecule has 2 fully saturated rings. The molecule has 2 aliphatic rings. The third-order valence-corrected chi connectivity index (χ3v) is 5.20. The van der Waals surface area contributed by atoms with Crippen molar-refractivity contribution < 1.29 is 14.4 Å². The fourth-order valence-corrected chi connectivity index (χ4v) is 3.67. The number of piperidine rings is 2. The predicted octanol–water partition coefficient (Wildman–Crippen LogP) is 1.22. The molecule has 1 aromatic heterocycles. The molecule has 7 heteroatoms. The van der Waals surface area contributed by atoms with Gasteiger partial charge in [-0.15, -0.1) is 0 Å². The van der Waals surface area contributed by atoms with Crippen LogP contribution in [0.2, 0.25) is 0 Å². The second-order valence-electron chi connectivity index (χ2n) is 6.72. The highest BCUT2D eigenvalue weighted by molar-refractivity contribution is 5.77. The van der Waals surface area contributed by atoms with Gasteiger partial charge in [-0.05, 0) is 36.3 Å². The summed E-state index contributed by atoms with van der Waals surface area (Å²) < 4.78 is 5.20. The smallest absolute Gasteiger partial charge is 0.266 e. The van der Waals surface area contributed by atoms with Crippen molar-refractivity contribution >= 4 is 11.9 Å². The fourth-order valence-electron chi connectivity index (χ4n) is 3.67.